The number of hydrogen-bond donors (Lipinski definition) is 0. The number of nitrogens with zero attached hydrogens (tertiary/aromatic N) is 3. The largest absolute Gasteiger partial charge is 0.456 e. The predicted molar refractivity (Wildman–Crippen MR) is 291 cm³/mol. The topological polar surface area (TPSA) is 51.8 Å². The van der Waals surface area contributed by atoms with E-state index in [0.717, 1.165) is 60.5 Å². The van der Waals surface area contributed by atoms with Crippen LogP contribution >= 0.6 is 22.7 Å². The van der Waals surface area contributed by atoms with E-state index in [0.29, 0.717) is 17.5 Å². The van der Waals surface area contributed by atoms with E-state index in [1.54, 1.807) is 22.7 Å². The summed E-state index contributed by atoms with van der Waals surface area (Å²) in [6.07, 6.45) is 0. The zero-order chi connectivity index (χ0) is 45.7. The first-order valence-electron chi connectivity index (χ1n) is 23.7. The van der Waals surface area contributed by atoms with E-state index < -0.39 is 5.41 Å². The average molecular weight is 926 g/mol. The minimum atomic E-state index is -0.428. The summed E-state index contributed by atoms with van der Waals surface area (Å²) in [6.45, 7) is 0. The molecule has 16 rings (SSSR count). The molecule has 4 aromatic heterocycles. The van der Waals surface area contributed by atoms with E-state index in [-0.39, 0.29) is 0 Å². The number of furan rings is 1. The third-order valence-corrected chi connectivity index (χ3v) is 17.3. The molecule has 0 atom stereocenters. The Morgan fingerprint density at radius 2 is 0.729 bits per heavy atom. The molecule has 0 amide bonds. The van der Waals surface area contributed by atoms with E-state index in [9.17, 15) is 0 Å². The van der Waals surface area contributed by atoms with Crippen molar-refractivity contribution < 1.29 is 4.42 Å². The Balaban J connectivity index is 0.922. The standard InChI is InChI=1S/C64H35N3OS2/c1-6-22-48-38(14-1)39-15-2-7-23-49(39)64(48)50-24-8-3-16-40(50)41-32-30-37(35-51(41)64)36-31-33-52-47(34-36)58-44(19-11-25-53(58)68-52)61-65-62(45-20-12-28-56-59(45)42-17-4-9-26-54(42)69-56)67-63(66-61)46-21-13-29-57-60(46)43-18-5-10-27-55(43)70-57/h1-35H. The Labute approximate surface area is 409 Å². The molecule has 0 unspecified atom stereocenters. The Morgan fingerprint density at radius 3 is 1.30 bits per heavy atom. The van der Waals surface area contributed by atoms with Gasteiger partial charge in [0.15, 0.2) is 17.5 Å². The van der Waals surface area contributed by atoms with Gasteiger partial charge in [-0.25, -0.2) is 15.0 Å². The first kappa shape index (κ1) is 38.4. The molecule has 0 saturated heterocycles. The van der Waals surface area contributed by atoms with Crippen molar-refractivity contribution in [3.63, 3.8) is 0 Å². The van der Waals surface area contributed by atoms with Crippen molar-refractivity contribution in [3.05, 3.63) is 235 Å². The maximum atomic E-state index is 6.73. The van der Waals surface area contributed by atoms with Crippen molar-refractivity contribution in [1.82, 2.24) is 15.0 Å². The third-order valence-electron chi connectivity index (χ3n) is 15.0. The molecule has 0 N–H and O–H groups in total. The normalized spacial score (nSPS) is 13.3. The van der Waals surface area contributed by atoms with E-state index >= 15 is 0 Å². The van der Waals surface area contributed by atoms with Crippen LogP contribution in [0, 0.1) is 0 Å². The summed E-state index contributed by atoms with van der Waals surface area (Å²) in [5.41, 5.74) is 16.8. The number of thiophene rings is 2. The van der Waals surface area contributed by atoms with Crippen LogP contribution in [0.3, 0.4) is 0 Å². The molecular weight excluding hydrogens is 891 g/mol. The second-order valence-corrected chi connectivity index (χ2v) is 20.7. The van der Waals surface area contributed by atoms with Gasteiger partial charge in [0.25, 0.3) is 0 Å². The fraction of sp³-hybridized carbons (Fsp3) is 0.0156. The van der Waals surface area contributed by atoms with Crippen molar-refractivity contribution in [2.75, 3.05) is 0 Å². The summed E-state index contributed by atoms with van der Waals surface area (Å²) >= 11 is 3.60. The second-order valence-electron chi connectivity index (χ2n) is 18.5. The Hall–Kier alpha value is -8.55. The number of rotatable bonds is 4. The highest BCUT2D eigenvalue weighted by Gasteiger charge is 2.51. The van der Waals surface area contributed by atoms with Crippen molar-refractivity contribution >= 4 is 85.0 Å². The fourth-order valence-electron chi connectivity index (χ4n) is 12.1. The van der Waals surface area contributed by atoms with Crippen LogP contribution in [0.4, 0.5) is 0 Å². The molecule has 0 saturated carbocycles. The Kier molecular flexibility index (Phi) is 7.82. The van der Waals surface area contributed by atoms with E-state index in [2.05, 4.69) is 212 Å². The molecular formula is C64H35N3OS2. The molecule has 14 aromatic rings. The van der Waals surface area contributed by atoms with Crippen molar-refractivity contribution in [1.29, 1.82) is 0 Å². The summed E-state index contributed by atoms with van der Waals surface area (Å²) in [4.78, 5) is 16.3. The lowest BCUT2D eigenvalue weighted by atomic mass is 9.70. The van der Waals surface area contributed by atoms with Gasteiger partial charge in [0, 0.05) is 67.8 Å². The quantitative estimate of drug-likeness (QED) is 0.176. The van der Waals surface area contributed by atoms with Gasteiger partial charge >= 0.3 is 0 Å². The van der Waals surface area contributed by atoms with Gasteiger partial charge in [-0.3, -0.25) is 0 Å². The summed E-state index contributed by atoms with van der Waals surface area (Å²) < 4.78 is 11.6. The highest BCUT2D eigenvalue weighted by Crippen LogP contribution is 2.63. The molecule has 6 heteroatoms. The van der Waals surface area contributed by atoms with Gasteiger partial charge < -0.3 is 4.42 Å². The molecule has 0 fully saturated rings. The van der Waals surface area contributed by atoms with Gasteiger partial charge in [0.2, 0.25) is 0 Å². The summed E-state index contributed by atoms with van der Waals surface area (Å²) in [7, 11) is 0. The molecule has 2 aliphatic carbocycles. The van der Waals surface area contributed by atoms with Crippen LogP contribution in [0.25, 0.3) is 130 Å². The van der Waals surface area contributed by atoms with Crippen LogP contribution in [-0.2, 0) is 5.41 Å². The van der Waals surface area contributed by atoms with Crippen LogP contribution in [-0.4, -0.2) is 15.0 Å². The van der Waals surface area contributed by atoms with Gasteiger partial charge in [-0.15, -0.1) is 22.7 Å². The number of fused-ring (bicyclic) bond motifs is 19. The van der Waals surface area contributed by atoms with E-state index in [1.165, 1.54) is 74.1 Å². The van der Waals surface area contributed by atoms with Crippen molar-refractivity contribution in [3.8, 4) is 67.5 Å². The zero-order valence-corrected chi connectivity index (χ0v) is 38.9. The Bertz CT molecular complexity index is 4380. The summed E-state index contributed by atoms with van der Waals surface area (Å²) in [5.74, 6) is 1.88. The molecule has 0 aliphatic heterocycles. The fourth-order valence-corrected chi connectivity index (χ4v) is 14.4. The van der Waals surface area contributed by atoms with Gasteiger partial charge in [-0.1, -0.05) is 164 Å². The van der Waals surface area contributed by atoms with Crippen LogP contribution in [0.5, 0.6) is 0 Å². The Morgan fingerprint density at radius 1 is 0.300 bits per heavy atom. The monoisotopic (exact) mass is 925 g/mol. The van der Waals surface area contributed by atoms with Crippen LogP contribution in [0.15, 0.2) is 217 Å². The smallest absolute Gasteiger partial charge is 0.164 e. The molecule has 324 valence electrons. The number of aromatic nitrogens is 3. The predicted octanol–water partition coefficient (Wildman–Crippen LogP) is 17.5. The molecule has 4 nitrogen and oxygen atoms in total. The van der Waals surface area contributed by atoms with Crippen LogP contribution < -0.4 is 0 Å². The number of hydrogen-bond acceptors (Lipinski definition) is 6. The minimum Gasteiger partial charge on any atom is -0.456 e. The minimum absolute atomic E-state index is 0.428. The highest BCUT2D eigenvalue weighted by atomic mass is 32.1. The lowest BCUT2D eigenvalue weighted by Gasteiger charge is -2.30. The first-order chi connectivity index (χ1) is 34.7. The summed E-state index contributed by atoms with van der Waals surface area (Å²) in [6, 6.07) is 77.2. The zero-order valence-electron chi connectivity index (χ0n) is 37.3. The SMILES string of the molecule is c1ccc2c(c1)-c1ccccc1C21c2ccccc2-c2ccc(-c3ccc4oc5cccc(-c6nc(-c7cccc8sc9ccccc9c78)nc(-c7cccc8sc9ccccc9c78)n6)c5c4c3)cc21. The second kappa shape index (κ2) is 14.2. The average Bonchev–Trinajstić information content (AvgIpc) is 4.23. The lowest BCUT2D eigenvalue weighted by molar-refractivity contribution is 0.669. The third kappa shape index (κ3) is 5.16. The molecule has 2 aliphatic rings. The maximum absolute atomic E-state index is 6.73. The molecule has 0 bridgehead atoms. The van der Waals surface area contributed by atoms with E-state index in [1.807, 2.05) is 0 Å². The summed E-state index contributed by atoms with van der Waals surface area (Å²) in [5, 5.41) is 6.70. The van der Waals surface area contributed by atoms with Gasteiger partial charge in [0.05, 0.1) is 5.41 Å². The first-order valence-corrected chi connectivity index (χ1v) is 25.3. The lowest BCUT2D eigenvalue weighted by Crippen LogP contribution is -2.25. The molecule has 10 aromatic carbocycles. The molecule has 4 heterocycles. The van der Waals surface area contributed by atoms with Crippen molar-refractivity contribution in [2.24, 2.45) is 0 Å². The van der Waals surface area contributed by atoms with Crippen LogP contribution in [0.2, 0.25) is 0 Å². The highest BCUT2D eigenvalue weighted by molar-refractivity contribution is 7.26. The van der Waals surface area contributed by atoms with E-state index in [4.69, 9.17) is 19.4 Å². The molecule has 1 spiro atoms. The number of benzene rings is 10. The van der Waals surface area contributed by atoms with Crippen LogP contribution in [0.1, 0.15) is 22.3 Å². The molecule has 70 heavy (non-hydrogen) atoms. The van der Waals surface area contributed by atoms with Crippen molar-refractivity contribution in [2.45, 2.75) is 5.41 Å². The molecule has 0 radical (unpaired) electrons. The maximum Gasteiger partial charge on any atom is 0.164 e. The van der Waals surface area contributed by atoms with Gasteiger partial charge in [-0.05, 0) is 104 Å². The van der Waals surface area contributed by atoms with Gasteiger partial charge in [-0.2, -0.15) is 0 Å². The van der Waals surface area contributed by atoms with Gasteiger partial charge in [0.1, 0.15) is 11.2 Å².